The van der Waals surface area contributed by atoms with Crippen molar-refractivity contribution in [2.24, 2.45) is 0 Å². The summed E-state index contributed by atoms with van der Waals surface area (Å²) in [5.74, 6) is 0. The molecule has 1 fully saturated rings. The number of benzene rings is 2. The molecule has 2 atom stereocenters. The van der Waals surface area contributed by atoms with E-state index in [2.05, 4.69) is 11.5 Å². The van der Waals surface area contributed by atoms with Crippen molar-refractivity contribution in [3.05, 3.63) is 59.7 Å². The third-order valence-corrected chi connectivity index (χ3v) is 6.38. The molecule has 1 aliphatic rings. The van der Waals surface area contributed by atoms with E-state index >= 15 is 0 Å². The van der Waals surface area contributed by atoms with Gasteiger partial charge in [0.25, 0.3) is 0 Å². The Bertz CT molecular complexity index is 905. The topological polar surface area (TPSA) is 170 Å². The molecule has 0 aromatic heterocycles. The summed E-state index contributed by atoms with van der Waals surface area (Å²) in [6.07, 6.45) is 5.35. The van der Waals surface area contributed by atoms with E-state index in [1.807, 2.05) is 13.8 Å². The van der Waals surface area contributed by atoms with Gasteiger partial charge in [-0.1, -0.05) is 35.4 Å². The van der Waals surface area contributed by atoms with Crippen molar-refractivity contribution in [3.8, 4) is 0 Å². The summed E-state index contributed by atoms with van der Waals surface area (Å²) >= 11 is 0. The highest BCUT2D eigenvalue weighted by atomic mass is 32.2. The third kappa shape index (κ3) is 9.79. The van der Waals surface area contributed by atoms with E-state index in [0.717, 1.165) is 11.1 Å². The lowest BCUT2D eigenvalue weighted by Crippen LogP contribution is -2.80. The molecule has 0 bridgehead atoms. The van der Waals surface area contributed by atoms with Crippen LogP contribution in [0.2, 0.25) is 0 Å². The molecule has 30 heavy (non-hydrogen) atoms. The molecule has 0 radical (unpaired) electrons. The second kappa shape index (κ2) is 11.5. The van der Waals surface area contributed by atoms with Gasteiger partial charge in [0.1, 0.15) is 32.3 Å². The zero-order chi connectivity index (χ0) is 22.9. The number of hydrogen-bond acceptors (Lipinski definition) is 6. The van der Waals surface area contributed by atoms with Gasteiger partial charge in [0, 0.05) is 12.8 Å². The maximum atomic E-state index is 10.4. The summed E-state index contributed by atoms with van der Waals surface area (Å²) in [5.41, 5.74) is 9.89. The highest BCUT2D eigenvalue weighted by Crippen LogP contribution is 2.12. The van der Waals surface area contributed by atoms with Crippen molar-refractivity contribution in [3.63, 3.8) is 0 Å². The molecule has 2 unspecified atom stereocenters. The lowest BCUT2D eigenvalue weighted by atomic mass is 9.92. The standard InChI is InChI=1S/2C7H8O3S.C6H14N2/c2*1-6-2-4-7(5-3-6)11(8,9)10;7-5-3-1-2-4-6(5)8/h2*2-5H,1H3,(H,8,9,10);5-6H,1-4,7-8H2. The molecule has 0 aliphatic heterocycles. The van der Waals surface area contributed by atoms with Crippen LogP contribution in [-0.2, 0) is 20.2 Å². The van der Waals surface area contributed by atoms with Crippen LogP contribution in [0.5, 0.6) is 0 Å². The highest BCUT2D eigenvalue weighted by molar-refractivity contribution is 7.86. The van der Waals surface area contributed by atoms with Gasteiger partial charge in [-0.05, 0) is 51.0 Å². The lowest BCUT2D eigenvalue weighted by Gasteiger charge is -2.18. The second-order valence-corrected chi connectivity index (χ2v) is 10.1. The summed E-state index contributed by atoms with van der Waals surface area (Å²) in [4.78, 5) is -0.355. The van der Waals surface area contributed by atoms with Crippen molar-refractivity contribution < 1.29 is 37.4 Å². The number of hydrogen-bond donors (Lipinski definition) is 2. The molecule has 2 aromatic carbocycles. The fourth-order valence-corrected chi connectivity index (χ4v) is 3.63. The van der Waals surface area contributed by atoms with Crippen LogP contribution in [0.15, 0.2) is 58.3 Å². The van der Waals surface area contributed by atoms with Crippen LogP contribution < -0.4 is 11.5 Å². The first kappa shape index (κ1) is 26.2. The van der Waals surface area contributed by atoms with Crippen LogP contribution >= 0.6 is 0 Å². The Morgan fingerprint density at radius 2 is 0.933 bits per heavy atom. The molecule has 2 aromatic rings. The lowest BCUT2D eigenvalue weighted by molar-refractivity contribution is -0.534. The maximum absolute atomic E-state index is 10.4. The minimum atomic E-state index is -4.27. The van der Waals surface area contributed by atoms with E-state index < -0.39 is 20.2 Å². The smallest absolute Gasteiger partial charge is 0.137 e. The average molecular weight is 459 g/mol. The van der Waals surface area contributed by atoms with E-state index in [9.17, 15) is 25.9 Å². The molecule has 1 aliphatic carbocycles. The Morgan fingerprint density at radius 3 is 1.13 bits per heavy atom. The van der Waals surface area contributed by atoms with Crippen LogP contribution in [0.1, 0.15) is 36.8 Å². The fraction of sp³-hybridized carbons (Fsp3) is 0.400. The highest BCUT2D eigenvalue weighted by Gasteiger charge is 2.23. The van der Waals surface area contributed by atoms with Crippen molar-refractivity contribution in [1.82, 2.24) is 0 Å². The van der Waals surface area contributed by atoms with Gasteiger partial charge in [-0.15, -0.1) is 0 Å². The summed E-state index contributed by atoms with van der Waals surface area (Å²) < 4.78 is 62.3. The molecular formula is C20H30N2O6S2. The van der Waals surface area contributed by atoms with Crippen molar-refractivity contribution in [2.45, 2.75) is 61.4 Å². The molecule has 0 amide bonds. The minimum Gasteiger partial charge on any atom is -0.744 e. The molecule has 168 valence electrons. The van der Waals surface area contributed by atoms with Crippen LogP contribution in [0.3, 0.4) is 0 Å². The van der Waals surface area contributed by atoms with E-state index in [4.69, 9.17) is 0 Å². The molecule has 1 saturated carbocycles. The van der Waals surface area contributed by atoms with Gasteiger partial charge in [0.15, 0.2) is 0 Å². The summed E-state index contributed by atoms with van der Waals surface area (Å²) in [7, 11) is -8.54. The predicted molar refractivity (Wildman–Crippen MR) is 110 cm³/mol. The SMILES string of the molecule is Cc1ccc(S(=O)(=O)[O-])cc1.Cc1ccc(S(=O)(=O)[O-])cc1.[NH3+]C1CCCCC1[NH3+]. The quantitative estimate of drug-likeness (QED) is 0.623. The largest absolute Gasteiger partial charge is 0.744 e. The van der Waals surface area contributed by atoms with Crippen LogP contribution in [0.25, 0.3) is 0 Å². The first-order chi connectivity index (χ1) is 13.8. The van der Waals surface area contributed by atoms with E-state index in [-0.39, 0.29) is 9.79 Å². The van der Waals surface area contributed by atoms with Crippen molar-refractivity contribution in [1.29, 1.82) is 0 Å². The maximum Gasteiger partial charge on any atom is 0.137 e. The molecular weight excluding hydrogens is 428 g/mol. The Kier molecular flexibility index (Phi) is 10.1. The molecule has 10 heteroatoms. The Balaban J connectivity index is 0.000000228. The number of quaternary nitrogens is 2. The van der Waals surface area contributed by atoms with Gasteiger partial charge in [-0.25, -0.2) is 16.8 Å². The van der Waals surface area contributed by atoms with Gasteiger partial charge in [0.05, 0.1) is 9.79 Å². The van der Waals surface area contributed by atoms with Gasteiger partial charge in [0.2, 0.25) is 0 Å². The van der Waals surface area contributed by atoms with Crippen molar-refractivity contribution in [2.75, 3.05) is 0 Å². The molecule has 3 rings (SSSR count). The minimum absolute atomic E-state index is 0.178. The Hall–Kier alpha value is -1.82. The van der Waals surface area contributed by atoms with Gasteiger partial charge in [-0.2, -0.15) is 0 Å². The zero-order valence-corrected chi connectivity index (χ0v) is 18.9. The second-order valence-electron chi connectivity index (χ2n) is 7.34. The molecule has 6 N–H and O–H groups in total. The Labute approximate surface area is 178 Å². The fourth-order valence-electron chi connectivity index (χ4n) is 2.69. The Morgan fingerprint density at radius 1 is 0.667 bits per heavy atom. The molecule has 8 nitrogen and oxygen atoms in total. The van der Waals surface area contributed by atoms with Gasteiger partial charge >= 0.3 is 0 Å². The normalized spacial score (nSPS) is 19.0. The summed E-state index contributed by atoms with van der Waals surface area (Å²) in [6.45, 7) is 3.64. The number of rotatable bonds is 2. The van der Waals surface area contributed by atoms with Crippen LogP contribution in [0.4, 0.5) is 0 Å². The third-order valence-electron chi connectivity index (χ3n) is 4.69. The van der Waals surface area contributed by atoms with Crippen molar-refractivity contribution >= 4 is 20.2 Å². The monoisotopic (exact) mass is 458 g/mol. The zero-order valence-electron chi connectivity index (χ0n) is 17.3. The van der Waals surface area contributed by atoms with Gasteiger partial charge < -0.3 is 20.6 Å². The van der Waals surface area contributed by atoms with Crippen LogP contribution in [0, 0.1) is 13.8 Å². The predicted octanol–water partition coefficient (Wildman–Crippen LogP) is 0.580. The first-order valence-electron chi connectivity index (χ1n) is 9.52. The van der Waals surface area contributed by atoms with E-state index in [1.165, 1.54) is 49.9 Å². The van der Waals surface area contributed by atoms with Gasteiger partial charge in [-0.3, -0.25) is 0 Å². The average Bonchev–Trinajstić information content (AvgIpc) is 2.64. The molecule has 0 saturated heterocycles. The molecule has 0 heterocycles. The summed E-state index contributed by atoms with van der Waals surface area (Å²) in [5, 5.41) is 0. The first-order valence-corrected chi connectivity index (χ1v) is 12.3. The van der Waals surface area contributed by atoms with Crippen LogP contribution in [-0.4, -0.2) is 38.0 Å². The van der Waals surface area contributed by atoms with E-state index in [0.29, 0.717) is 12.1 Å². The summed E-state index contributed by atoms with van der Waals surface area (Å²) in [6, 6.07) is 12.8. The molecule has 0 spiro atoms. The number of aryl methyl sites for hydroxylation is 2. The van der Waals surface area contributed by atoms with E-state index in [1.54, 1.807) is 24.3 Å².